The highest BCUT2D eigenvalue weighted by Crippen LogP contribution is 2.32. The van der Waals surface area contributed by atoms with Gasteiger partial charge in [-0.25, -0.2) is 4.99 Å². The smallest absolute Gasteiger partial charge is 0.191 e. The lowest BCUT2D eigenvalue weighted by molar-refractivity contribution is 0.0386. The molecule has 1 fully saturated rings. The molecular formula is C23H34IN3O4. The van der Waals surface area contributed by atoms with Crippen LogP contribution in [0.2, 0.25) is 0 Å². The van der Waals surface area contributed by atoms with Crippen molar-refractivity contribution in [2.45, 2.75) is 57.8 Å². The van der Waals surface area contributed by atoms with Gasteiger partial charge in [0.2, 0.25) is 0 Å². The summed E-state index contributed by atoms with van der Waals surface area (Å²) in [6.07, 6.45) is 6.44. The van der Waals surface area contributed by atoms with E-state index in [1.54, 1.807) is 32.4 Å². The van der Waals surface area contributed by atoms with E-state index < -0.39 is 5.60 Å². The third-order valence-corrected chi connectivity index (χ3v) is 5.24. The van der Waals surface area contributed by atoms with Gasteiger partial charge in [0.25, 0.3) is 0 Å². The SMILES string of the molecule is CCNC(=NCc1ccc(OC)c(OC2CCCC2)c1)NCC(C)(O)c1ccco1.I. The van der Waals surface area contributed by atoms with Gasteiger partial charge < -0.3 is 29.6 Å². The van der Waals surface area contributed by atoms with Crippen LogP contribution in [0.25, 0.3) is 0 Å². The van der Waals surface area contributed by atoms with E-state index in [9.17, 15) is 5.11 Å². The summed E-state index contributed by atoms with van der Waals surface area (Å²) in [5.74, 6) is 2.65. The second-order valence-electron chi connectivity index (χ2n) is 7.81. The number of guanidine groups is 1. The van der Waals surface area contributed by atoms with Gasteiger partial charge in [-0.15, -0.1) is 24.0 Å². The van der Waals surface area contributed by atoms with Crippen LogP contribution < -0.4 is 20.1 Å². The van der Waals surface area contributed by atoms with Crippen LogP contribution in [-0.2, 0) is 12.1 Å². The number of nitrogens with zero attached hydrogens (tertiary/aromatic N) is 1. The lowest BCUT2D eigenvalue weighted by atomic mass is 10.0. The van der Waals surface area contributed by atoms with Gasteiger partial charge in [0.1, 0.15) is 11.4 Å². The molecule has 1 aliphatic rings. The number of nitrogens with one attached hydrogen (secondary N) is 2. The Bertz CT molecular complexity index is 818. The monoisotopic (exact) mass is 543 g/mol. The van der Waals surface area contributed by atoms with Crippen molar-refractivity contribution in [1.29, 1.82) is 0 Å². The van der Waals surface area contributed by atoms with Crippen LogP contribution in [0.15, 0.2) is 46.0 Å². The Kier molecular flexibility index (Phi) is 9.95. The number of furan rings is 1. The molecular weight excluding hydrogens is 509 g/mol. The summed E-state index contributed by atoms with van der Waals surface area (Å²) in [6.45, 7) is 5.17. The summed E-state index contributed by atoms with van der Waals surface area (Å²) in [4.78, 5) is 4.65. The number of ether oxygens (including phenoxy) is 2. The first-order chi connectivity index (χ1) is 14.5. The Balaban J connectivity index is 0.00000341. The zero-order valence-electron chi connectivity index (χ0n) is 18.5. The average molecular weight is 543 g/mol. The molecule has 0 amide bonds. The minimum atomic E-state index is -1.14. The van der Waals surface area contributed by atoms with E-state index in [-0.39, 0.29) is 36.6 Å². The van der Waals surface area contributed by atoms with Crippen LogP contribution >= 0.6 is 24.0 Å². The van der Waals surface area contributed by atoms with Gasteiger partial charge in [0, 0.05) is 6.54 Å². The van der Waals surface area contributed by atoms with Gasteiger partial charge >= 0.3 is 0 Å². The largest absolute Gasteiger partial charge is 0.493 e. The minimum absolute atomic E-state index is 0. The van der Waals surface area contributed by atoms with Crippen LogP contribution in [0, 0.1) is 0 Å². The first kappa shape index (κ1) is 25.3. The number of benzene rings is 1. The zero-order chi connectivity index (χ0) is 21.4. The fourth-order valence-electron chi connectivity index (χ4n) is 3.54. The van der Waals surface area contributed by atoms with Gasteiger partial charge in [-0.3, -0.25) is 0 Å². The van der Waals surface area contributed by atoms with Crippen molar-refractivity contribution >= 4 is 29.9 Å². The maximum absolute atomic E-state index is 10.6. The molecule has 31 heavy (non-hydrogen) atoms. The van der Waals surface area contributed by atoms with Gasteiger partial charge in [-0.05, 0) is 69.4 Å². The quantitative estimate of drug-likeness (QED) is 0.250. The highest BCUT2D eigenvalue weighted by molar-refractivity contribution is 14.0. The molecule has 1 unspecified atom stereocenters. The number of rotatable bonds is 9. The van der Waals surface area contributed by atoms with Crippen LogP contribution in [0.1, 0.15) is 50.9 Å². The predicted molar refractivity (Wildman–Crippen MR) is 132 cm³/mol. The predicted octanol–water partition coefficient (Wildman–Crippen LogP) is 4.19. The van der Waals surface area contributed by atoms with Crippen molar-refractivity contribution < 1.29 is 19.0 Å². The summed E-state index contributed by atoms with van der Waals surface area (Å²) in [5.41, 5.74) is -0.110. The molecule has 3 N–H and O–H groups in total. The second kappa shape index (κ2) is 12.2. The maximum Gasteiger partial charge on any atom is 0.191 e. The first-order valence-corrected chi connectivity index (χ1v) is 10.6. The molecule has 1 aromatic heterocycles. The molecule has 1 aromatic carbocycles. The molecule has 0 radical (unpaired) electrons. The molecule has 2 aromatic rings. The van der Waals surface area contributed by atoms with E-state index >= 15 is 0 Å². The Morgan fingerprint density at radius 2 is 2.00 bits per heavy atom. The van der Waals surface area contributed by atoms with Gasteiger partial charge in [0.15, 0.2) is 17.5 Å². The average Bonchev–Trinajstić information content (AvgIpc) is 3.45. The fourth-order valence-corrected chi connectivity index (χ4v) is 3.54. The third-order valence-electron chi connectivity index (χ3n) is 5.24. The molecule has 8 heteroatoms. The van der Waals surface area contributed by atoms with Gasteiger partial charge in [-0.1, -0.05) is 6.07 Å². The Morgan fingerprint density at radius 1 is 1.23 bits per heavy atom. The van der Waals surface area contributed by atoms with E-state index in [0.717, 1.165) is 29.9 Å². The second-order valence-corrected chi connectivity index (χ2v) is 7.81. The summed E-state index contributed by atoms with van der Waals surface area (Å²) < 4.78 is 17.0. The molecule has 0 saturated heterocycles. The van der Waals surface area contributed by atoms with Gasteiger partial charge in [-0.2, -0.15) is 0 Å². The van der Waals surface area contributed by atoms with E-state index in [2.05, 4.69) is 15.6 Å². The Labute approximate surface area is 201 Å². The van der Waals surface area contributed by atoms with Crippen LogP contribution in [-0.4, -0.2) is 37.4 Å². The molecule has 1 aliphatic carbocycles. The first-order valence-electron chi connectivity index (χ1n) is 10.6. The Morgan fingerprint density at radius 3 is 2.65 bits per heavy atom. The summed E-state index contributed by atoms with van der Waals surface area (Å²) >= 11 is 0. The third kappa shape index (κ3) is 7.31. The summed E-state index contributed by atoms with van der Waals surface area (Å²) in [7, 11) is 1.66. The van der Waals surface area contributed by atoms with Crippen molar-refractivity contribution in [3.63, 3.8) is 0 Å². The Hall–Kier alpha value is -1.94. The van der Waals surface area contributed by atoms with Crippen molar-refractivity contribution in [2.75, 3.05) is 20.2 Å². The number of hydrogen-bond donors (Lipinski definition) is 3. The van der Waals surface area contributed by atoms with Crippen molar-refractivity contribution in [2.24, 2.45) is 4.99 Å². The standard InChI is InChI=1S/C23H33N3O4.HI/c1-4-24-22(26-16-23(2,27)21-10-7-13-29-21)25-15-17-11-12-19(28-3)20(14-17)30-18-8-5-6-9-18;/h7,10-14,18,27H,4-6,8-9,15-16H2,1-3H3,(H2,24,25,26);1H. The van der Waals surface area contributed by atoms with E-state index in [1.165, 1.54) is 12.8 Å². The molecule has 0 bridgehead atoms. The summed E-state index contributed by atoms with van der Waals surface area (Å²) in [6, 6.07) is 9.44. The molecule has 3 rings (SSSR count). The van der Waals surface area contributed by atoms with Crippen LogP contribution in [0.3, 0.4) is 0 Å². The van der Waals surface area contributed by atoms with Crippen molar-refractivity contribution in [3.8, 4) is 11.5 Å². The number of aliphatic imine (C=N–C) groups is 1. The fraction of sp³-hybridized carbons (Fsp3) is 0.522. The summed E-state index contributed by atoms with van der Waals surface area (Å²) in [5, 5.41) is 17.0. The lowest BCUT2D eigenvalue weighted by Crippen LogP contribution is -2.44. The number of aliphatic hydroxyl groups is 1. The highest BCUT2D eigenvalue weighted by atomic mass is 127. The maximum atomic E-state index is 10.6. The van der Waals surface area contributed by atoms with Crippen molar-refractivity contribution in [3.05, 3.63) is 47.9 Å². The van der Waals surface area contributed by atoms with E-state index in [4.69, 9.17) is 13.9 Å². The van der Waals surface area contributed by atoms with Crippen molar-refractivity contribution in [1.82, 2.24) is 10.6 Å². The molecule has 1 heterocycles. The van der Waals surface area contributed by atoms with Gasteiger partial charge in [0.05, 0.1) is 32.6 Å². The van der Waals surface area contributed by atoms with Crippen LogP contribution in [0.4, 0.5) is 0 Å². The number of hydrogen-bond acceptors (Lipinski definition) is 5. The van der Waals surface area contributed by atoms with E-state index in [1.807, 2.05) is 25.1 Å². The molecule has 1 saturated carbocycles. The number of methoxy groups -OCH3 is 1. The van der Waals surface area contributed by atoms with Crippen LogP contribution in [0.5, 0.6) is 11.5 Å². The normalized spacial score (nSPS) is 16.3. The molecule has 7 nitrogen and oxygen atoms in total. The zero-order valence-corrected chi connectivity index (χ0v) is 20.8. The molecule has 1 atom stereocenters. The lowest BCUT2D eigenvalue weighted by Gasteiger charge is -2.22. The number of halogens is 1. The van der Waals surface area contributed by atoms with E-state index in [0.29, 0.717) is 24.8 Å². The topological polar surface area (TPSA) is 88.3 Å². The molecule has 172 valence electrons. The molecule has 0 spiro atoms. The minimum Gasteiger partial charge on any atom is -0.493 e. The highest BCUT2D eigenvalue weighted by Gasteiger charge is 2.26. The molecule has 0 aliphatic heterocycles.